The van der Waals surface area contributed by atoms with Gasteiger partial charge in [-0.3, -0.25) is 4.79 Å². The summed E-state index contributed by atoms with van der Waals surface area (Å²) in [5.41, 5.74) is 1.82. The van der Waals surface area contributed by atoms with Crippen molar-refractivity contribution in [3.8, 4) is 11.1 Å². The third kappa shape index (κ3) is 4.71. The number of carbonyl (C=O) groups excluding carboxylic acids is 1. The standard InChI is InChI=1S/C27H20F2N3O4S2/c1-15-8-9-16(30-27(33)22-7-4-12-37-22)13-18(15)19-14-23(38(2,35)36)31-25-17(19)10-11-32(34)26(25)24-20(28)5-3-6-21(24)29/h3-14,26H,1-2H3,(H,30,33)/q-1. The van der Waals surface area contributed by atoms with Gasteiger partial charge in [0.15, 0.2) is 14.9 Å². The molecule has 0 bridgehead atoms. The van der Waals surface area contributed by atoms with E-state index in [1.54, 1.807) is 42.6 Å². The summed E-state index contributed by atoms with van der Waals surface area (Å²) in [6, 6.07) is 11.6. The van der Waals surface area contributed by atoms with E-state index in [0.717, 1.165) is 30.2 Å². The normalized spacial score (nSPS) is 14.9. The number of benzene rings is 2. The lowest BCUT2D eigenvalue weighted by molar-refractivity contribution is 0.103. The van der Waals surface area contributed by atoms with Gasteiger partial charge >= 0.3 is 0 Å². The van der Waals surface area contributed by atoms with Crippen LogP contribution in [0, 0.1) is 23.8 Å². The number of rotatable bonds is 5. The Morgan fingerprint density at radius 1 is 1.08 bits per heavy atom. The third-order valence-corrected chi connectivity index (χ3v) is 7.99. The van der Waals surface area contributed by atoms with Crippen LogP contribution in [0.3, 0.4) is 0 Å². The number of thiophene rings is 1. The van der Waals surface area contributed by atoms with Crippen LogP contribution in [0.15, 0.2) is 71.2 Å². The molecule has 0 spiro atoms. The molecule has 1 atom stereocenters. The maximum Gasteiger partial charge on any atom is 0.265 e. The number of aromatic nitrogens is 1. The lowest BCUT2D eigenvalue weighted by Gasteiger charge is -2.40. The number of aryl methyl sites for hydroxylation is 1. The monoisotopic (exact) mass is 552 g/mol. The van der Waals surface area contributed by atoms with E-state index in [4.69, 9.17) is 0 Å². The van der Waals surface area contributed by atoms with Gasteiger partial charge in [-0.25, -0.2) is 22.2 Å². The molecule has 1 aliphatic heterocycles. The molecule has 0 fully saturated rings. The highest BCUT2D eigenvalue weighted by molar-refractivity contribution is 7.90. The van der Waals surface area contributed by atoms with E-state index >= 15 is 0 Å². The lowest BCUT2D eigenvalue weighted by Crippen LogP contribution is -2.26. The van der Waals surface area contributed by atoms with Crippen LogP contribution >= 0.6 is 11.3 Å². The quantitative estimate of drug-likeness (QED) is 0.330. The Hall–Kier alpha value is -3.93. The van der Waals surface area contributed by atoms with Crippen molar-refractivity contribution in [2.75, 3.05) is 11.6 Å². The summed E-state index contributed by atoms with van der Waals surface area (Å²) in [4.78, 5) is 17.3. The molecule has 0 saturated carbocycles. The molecular formula is C27H20F2N3O4S2-. The Morgan fingerprint density at radius 2 is 1.82 bits per heavy atom. The first-order valence-corrected chi connectivity index (χ1v) is 14.1. The van der Waals surface area contributed by atoms with Gasteiger partial charge in [-0.1, -0.05) is 18.2 Å². The average molecular weight is 553 g/mol. The topological polar surface area (TPSA) is 102 Å². The molecule has 1 unspecified atom stereocenters. The van der Waals surface area contributed by atoms with Crippen molar-refractivity contribution in [3.63, 3.8) is 0 Å². The van der Waals surface area contributed by atoms with E-state index in [9.17, 15) is 27.2 Å². The van der Waals surface area contributed by atoms with E-state index < -0.39 is 33.1 Å². The predicted octanol–water partition coefficient (Wildman–Crippen LogP) is 5.93. The Bertz CT molecular complexity index is 1680. The van der Waals surface area contributed by atoms with Gasteiger partial charge in [-0.15, -0.1) is 11.3 Å². The smallest absolute Gasteiger partial charge is 0.265 e. The number of anilines is 1. The molecule has 11 heteroatoms. The van der Waals surface area contributed by atoms with Crippen LogP contribution in [0.4, 0.5) is 14.5 Å². The van der Waals surface area contributed by atoms with Crippen LogP contribution in [0.5, 0.6) is 0 Å². The summed E-state index contributed by atoms with van der Waals surface area (Å²) in [5, 5.41) is 17.5. The van der Waals surface area contributed by atoms with Crippen molar-refractivity contribution in [1.82, 2.24) is 10.0 Å². The number of nitrogens with zero attached hydrogens (tertiary/aromatic N) is 2. The highest BCUT2D eigenvalue weighted by Crippen LogP contribution is 2.42. The van der Waals surface area contributed by atoms with Gasteiger partial charge in [0.2, 0.25) is 0 Å². The molecule has 2 aromatic carbocycles. The number of hydrogen-bond acceptors (Lipinski definition) is 7. The van der Waals surface area contributed by atoms with Crippen LogP contribution in [-0.4, -0.2) is 30.6 Å². The summed E-state index contributed by atoms with van der Waals surface area (Å²) < 4.78 is 54.8. The molecule has 4 aromatic rings. The van der Waals surface area contributed by atoms with Crippen LogP contribution in [0.1, 0.15) is 38.1 Å². The van der Waals surface area contributed by atoms with Crippen molar-refractivity contribution in [1.29, 1.82) is 0 Å². The van der Waals surface area contributed by atoms with Crippen LogP contribution in [0.2, 0.25) is 0 Å². The number of nitrogens with one attached hydrogen (secondary N) is 1. The largest absolute Gasteiger partial charge is 0.758 e. The molecule has 3 heterocycles. The molecule has 0 aliphatic carbocycles. The number of amides is 1. The fraction of sp³-hybridized carbons (Fsp3) is 0.111. The average Bonchev–Trinajstić information content (AvgIpc) is 3.40. The zero-order valence-electron chi connectivity index (χ0n) is 20.1. The van der Waals surface area contributed by atoms with E-state index in [1.165, 1.54) is 29.5 Å². The molecule has 5 rings (SSSR count). The van der Waals surface area contributed by atoms with E-state index in [-0.39, 0.29) is 16.6 Å². The minimum Gasteiger partial charge on any atom is -0.758 e. The highest BCUT2D eigenvalue weighted by Gasteiger charge is 2.31. The molecule has 2 aromatic heterocycles. The zero-order chi connectivity index (χ0) is 27.2. The minimum absolute atomic E-state index is 0.100. The van der Waals surface area contributed by atoms with Crippen molar-refractivity contribution in [2.24, 2.45) is 0 Å². The number of sulfone groups is 1. The number of pyridine rings is 1. The van der Waals surface area contributed by atoms with E-state index in [2.05, 4.69) is 10.3 Å². The first kappa shape index (κ1) is 25.7. The molecule has 1 amide bonds. The molecule has 38 heavy (non-hydrogen) atoms. The number of fused-ring (bicyclic) bond motifs is 1. The second kappa shape index (κ2) is 9.75. The maximum absolute atomic E-state index is 14.8. The van der Waals surface area contributed by atoms with E-state index in [1.807, 2.05) is 0 Å². The number of hydroxylamine groups is 2. The van der Waals surface area contributed by atoms with Gasteiger partial charge in [0, 0.05) is 17.5 Å². The molecular weight excluding hydrogens is 532 g/mol. The van der Waals surface area contributed by atoms with Gasteiger partial charge < -0.3 is 15.6 Å². The van der Waals surface area contributed by atoms with Crippen molar-refractivity contribution < 1.29 is 22.0 Å². The molecule has 1 aliphatic rings. The molecule has 7 nitrogen and oxygen atoms in total. The first-order chi connectivity index (χ1) is 18.0. The fourth-order valence-corrected chi connectivity index (χ4v) is 5.54. The number of hydrogen-bond donors (Lipinski definition) is 1. The van der Waals surface area contributed by atoms with Crippen LogP contribution in [-0.2, 0) is 9.84 Å². The minimum atomic E-state index is -3.89. The Balaban J connectivity index is 1.72. The predicted molar refractivity (Wildman–Crippen MR) is 142 cm³/mol. The summed E-state index contributed by atoms with van der Waals surface area (Å²) in [6.07, 6.45) is 3.52. The summed E-state index contributed by atoms with van der Waals surface area (Å²) >= 11 is 1.29. The maximum atomic E-state index is 14.8. The number of halogens is 2. The summed E-state index contributed by atoms with van der Waals surface area (Å²) in [5.74, 6) is -2.22. The van der Waals surface area contributed by atoms with Gasteiger partial charge in [0.25, 0.3) is 5.91 Å². The summed E-state index contributed by atoms with van der Waals surface area (Å²) in [7, 11) is -3.89. The second-order valence-corrected chi connectivity index (χ2v) is 11.7. The Kier molecular flexibility index (Phi) is 6.59. The zero-order valence-corrected chi connectivity index (χ0v) is 21.7. The van der Waals surface area contributed by atoms with Crippen molar-refractivity contribution in [3.05, 3.63) is 110 Å². The van der Waals surface area contributed by atoms with Gasteiger partial charge in [-0.2, -0.15) is 0 Å². The molecule has 1 N–H and O–H groups in total. The number of carbonyl (C=O) groups is 1. The van der Waals surface area contributed by atoms with Gasteiger partial charge in [0.05, 0.1) is 22.2 Å². The molecule has 0 saturated heterocycles. The van der Waals surface area contributed by atoms with Crippen LogP contribution < -0.4 is 5.32 Å². The second-order valence-electron chi connectivity index (χ2n) is 8.75. The highest BCUT2D eigenvalue weighted by atomic mass is 32.2. The fourth-order valence-electron chi connectivity index (χ4n) is 4.33. The van der Waals surface area contributed by atoms with Crippen molar-refractivity contribution in [2.45, 2.75) is 18.0 Å². The molecule has 194 valence electrons. The Morgan fingerprint density at radius 3 is 2.47 bits per heavy atom. The van der Waals surface area contributed by atoms with Gasteiger partial charge in [0.1, 0.15) is 11.6 Å². The van der Waals surface area contributed by atoms with Crippen LogP contribution in [0.25, 0.3) is 17.2 Å². The SMILES string of the molecule is Cc1ccc(NC(=O)c2cccs2)cc1-c1cc(S(C)(=O)=O)nc2c1C=CN([O-])C2c1c(F)cccc1F. The summed E-state index contributed by atoms with van der Waals surface area (Å²) in [6.45, 7) is 1.80. The molecule has 0 radical (unpaired) electrons. The van der Waals surface area contributed by atoms with E-state index in [0.29, 0.717) is 32.3 Å². The lowest BCUT2D eigenvalue weighted by atomic mass is 9.89. The first-order valence-electron chi connectivity index (χ1n) is 11.3. The van der Waals surface area contributed by atoms with Gasteiger partial charge in [-0.05, 0) is 77.7 Å². The third-order valence-electron chi connectivity index (χ3n) is 6.15. The van der Waals surface area contributed by atoms with Crippen molar-refractivity contribution >= 4 is 38.8 Å². The Labute approximate surface area is 221 Å².